The highest BCUT2D eigenvalue weighted by molar-refractivity contribution is 7.99. The summed E-state index contributed by atoms with van der Waals surface area (Å²) in [6.07, 6.45) is 2.53. The number of anilines is 1. The molecule has 0 saturated carbocycles. The van der Waals surface area contributed by atoms with E-state index in [2.05, 4.69) is 15.5 Å². The molecule has 0 aliphatic carbocycles. The number of ether oxygens (including phenoxy) is 1. The van der Waals surface area contributed by atoms with Gasteiger partial charge < -0.3 is 4.74 Å². The Morgan fingerprint density at radius 1 is 1.45 bits per heavy atom. The third kappa shape index (κ3) is 3.85. The summed E-state index contributed by atoms with van der Waals surface area (Å²) in [6.45, 7) is 2.71. The highest BCUT2D eigenvalue weighted by atomic mass is 32.2. The van der Waals surface area contributed by atoms with Gasteiger partial charge >= 0.3 is 0 Å². The van der Waals surface area contributed by atoms with E-state index in [0.717, 1.165) is 35.1 Å². The van der Waals surface area contributed by atoms with Gasteiger partial charge in [0.15, 0.2) is 0 Å². The Hall–Kier alpha value is -1.44. The number of benzene rings is 1. The minimum Gasteiger partial charge on any atom is -0.377 e. The molecule has 2 aromatic rings. The van der Waals surface area contributed by atoms with E-state index in [1.165, 1.54) is 11.3 Å². The topological polar surface area (TPSA) is 64.1 Å². The molecule has 1 saturated heterocycles. The van der Waals surface area contributed by atoms with Crippen LogP contribution in [0.4, 0.5) is 5.13 Å². The van der Waals surface area contributed by atoms with E-state index in [0.29, 0.717) is 16.8 Å². The van der Waals surface area contributed by atoms with Gasteiger partial charge in [0.1, 0.15) is 5.01 Å². The predicted molar refractivity (Wildman–Crippen MR) is 88.7 cm³/mol. The largest absolute Gasteiger partial charge is 0.377 e. The maximum absolute atomic E-state index is 12.4. The van der Waals surface area contributed by atoms with Gasteiger partial charge in [-0.1, -0.05) is 23.5 Å². The fourth-order valence-corrected chi connectivity index (χ4v) is 3.96. The molecule has 1 amide bonds. The standard InChI is InChI=1S/C15H17N3O2S2/c1-10-17-18-15(22-10)16-14(19)12-6-2-3-7-13(12)21-9-11-5-4-8-20-11/h2-3,6-7,11H,4-5,8-9H2,1H3,(H,16,18,19). The number of nitrogens with zero attached hydrogens (tertiary/aromatic N) is 2. The summed E-state index contributed by atoms with van der Waals surface area (Å²) in [4.78, 5) is 13.4. The second-order valence-electron chi connectivity index (χ2n) is 5.02. The van der Waals surface area contributed by atoms with Gasteiger partial charge in [0.2, 0.25) is 5.13 Å². The molecule has 5 nitrogen and oxygen atoms in total. The number of hydrogen-bond acceptors (Lipinski definition) is 6. The Morgan fingerprint density at radius 3 is 3.05 bits per heavy atom. The molecule has 1 aromatic carbocycles. The number of aryl methyl sites for hydroxylation is 1. The molecule has 0 bridgehead atoms. The zero-order valence-electron chi connectivity index (χ0n) is 12.2. The van der Waals surface area contributed by atoms with Crippen LogP contribution in [0.25, 0.3) is 0 Å². The van der Waals surface area contributed by atoms with Crippen molar-refractivity contribution in [3.8, 4) is 0 Å². The van der Waals surface area contributed by atoms with Crippen LogP contribution in [0.1, 0.15) is 28.2 Å². The molecule has 7 heteroatoms. The van der Waals surface area contributed by atoms with Gasteiger partial charge in [-0.2, -0.15) is 0 Å². The lowest BCUT2D eigenvalue weighted by atomic mass is 10.2. The zero-order chi connectivity index (χ0) is 15.4. The van der Waals surface area contributed by atoms with Crippen LogP contribution in [-0.4, -0.2) is 34.6 Å². The van der Waals surface area contributed by atoms with Crippen molar-refractivity contribution in [2.45, 2.75) is 30.8 Å². The molecule has 2 heterocycles. The molecule has 0 radical (unpaired) electrons. The Morgan fingerprint density at radius 2 is 2.32 bits per heavy atom. The first-order valence-corrected chi connectivity index (χ1v) is 8.97. The maximum atomic E-state index is 12.4. The lowest BCUT2D eigenvalue weighted by Crippen LogP contribution is -2.14. The van der Waals surface area contributed by atoms with Gasteiger partial charge in [0, 0.05) is 17.3 Å². The number of amides is 1. The molecule has 1 aliphatic heterocycles. The van der Waals surface area contributed by atoms with E-state index in [4.69, 9.17) is 4.74 Å². The van der Waals surface area contributed by atoms with Gasteiger partial charge in [-0.25, -0.2) is 0 Å². The summed E-state index contributed by atoms with van der Waals surface area (Å²) >= 11 is 3.04. The fraction of sp³-hybridized carbons (Fsp3) is 0.400. The summed E-state index contributed by atoms with van der Waals surface area (Å²) in [5, 5.41) is 12.0. The Bertz CT molecular complexity index is 654. The second-order valence-corrected chi connectivity index (χ2v) is 7.27. The predicted octanol–water partition coefficient (Wildman–Crippen LogP) is 3.37. The number of carbonyl (C=O) groups is 1. The monoisotopic (exact) mass is 335 g/mol. The highest BCUT2D eigenvalue weighted by Crippen LogP contribution is 2.27. The van der Waals surface area contributed by atoms with Gasteiger partial charge in [-0.3, -0.25) is 10.1 Å². The molecule has 116 valence electrons. The van der Waals surface area contributed by atoms with Gasteiger partial charge in [-0.15, -0.1) is 22.0 Å². The van der Waals surface area contributed by atoms with Crippen LogP contribution >= 0.6 is 23.1 Å². The number of rotatable bonds is 5. The van der Waals surface area contributed by atoms with Gasteiger partial charge in [-0.05, 0) is 31.9 Å². The number of thioether (sulfide) groups is 1. The van der Waals surface area contributed by atoms with Crippen molar-refractivity contribution in [2.24, 2.45) is 0 Å². The molecule has 22 heavy (non-hydrogen) atoms. The van der Waals surface area contributed by atoms with E-state index in [1.54, 1.807) is 11.8 Å². The molecule has 1 aromatic heterocycles. The van der Waals surface area contributed by atoms with Crippen molar-refractivity contribution in [2.75, 3.05) is 17.7 Å². The van der Waals surface area contributed by atoms with Gasteiger partial charge in [0.25, 0.3) is 5.91 Å². The van der Waals surface area contributed by atoms with Crippen molar-refractivity contribution < 1.29 is 9.53 Å². The summed E-state index contributed by atoms with van der Waals surface area (Å²) < 4.78 is 5.64. The lowest BCUT2D eigenvalue weighted by Gasteiger charge is -2.11. The lowest BCUT2D eigenvalue weighted by molar-refractivity contribution is 0.102. The molecule has 1 N–H and O–H groups in total. The minimum absolute atomic E-state index is 0.147. The summed E-state index contributed by atoms with van der Waals surface area (Å²) in [5.41, 5.74) is 0.665. The Labute approximate surface area is 137 Å². The smallest absolute Gasteiger partial charge is 0.258 e. The van der Waals surface area contributed by atoms with Crippen LogP contribution in [-0.2, 0) is 4.74 Å². The average molecular weight is 335 g/mol. The first kappa shape index (κ1) is 15.5. The van der Waals surface area contributed by atoms with Crippen molar-refractivity contribution in [1.82, 2.24) is 10.2 Å². The van der Waals surface area contributed by atoms with E-state index in [1.807, 2.05) is 31.2 Å². The summed E-state index contributed by atoms with van der Waals surface area (Å²) in [6, 6.07) is 7.63. The normalized spacial score (nSPS) is 17.6. The number of nitrogens with one attached hydrogen (secondary N) is 1. The third-order valence-corrected chi connectivity index (χ3v) is 5.29. The van der Waals surface area contributed by atoms with Crippen LogP contribution in [0.2, 0.25) is 0 Å². The van der Waals surface area contributed by atoms with E-state index in [9.17, 15) is 4.79 Å². The molecule has 3 rings (SSSR count). The molecule has 1 atom stereocenters. The van der Waals surface area contributed by atoms with Gasteiger partial charge in [0.05, 0.1) is 11.7 Å². The molecule has 1 unspecified atom stereocenters. The van der Waals surface area contributed by atoms with Crippen LogP contribution in [0.3, 0.4) is 0 Å². The van der Waals surface area contributed by atoms with Crippen molar-refractivity contribution in [3.63, 3.8) is 0 Å². The van der Waals surface area contributed by atoms with Crippen molar-refractivity contribution in [3.05, 3.63) is 34.8 Å². The van der Waals surface area contributed by atoms with Crippen LogP contribution in [0.5, 0.6) is 0 Å². The molecule has 1 fully saturated rings. The molecule has 0 spiro atoms. The Balaban J connectivity index is 1.68. The second kappa shape index (κ2) is 7.21. The third-order valence-electron chi connectivity index (χ3n) is 3.33. The van der Waals surface area contributed by atoms with E-state index >= 15 is 0 Å². The minimum atomic E-state index is -0.147. The quantitative estimate of drug-likeness (QED) is 0.849. The summed E-state index contributed by atoms with van der Waals surface area (Å²) in [5.74, 6) is 0.731. The first-order valence-electron chi connectivity index (χ1n) is 7.17. The summed E-state index contributed by atoms with van der Waals surface area (Å²) in [7, 11) is 0. The van der Waals surface area contributed by atoms with Crippen LogP contribution in [0, 0.1) is 6.92 Å². The molecular formula is C15H17N3O2S2. The van der Waals surface area contributed by atoms with E-state index < -0.39 is 0 Å². The van der Waals surface area contributed by atoms with Crippen LogP contribution in [0.15, 0.2) is 29.2 Å². The number of aromatic nitrogens is 2. The van der Waals surface area contributed by atoms with Crippen LogP contribution < -0.4 is 5.32 Å². The van der Waals surface area contributed by atoms with E-state index in [-0.39, 0.29) is 5.91 Å². The van der Waals surface area contributed by atoms with Crippen molar-refractivity contribution >= 4 is 34.1 Å². The van der Waals surface area contributed by atoms with Crippen molar-refractivity contribution in [1.29, 1.82) is 0 Å². The number of carbonyl (C=O) groups excluding carboxylic acids is 1. The Kier molecular flexibility index (Phi) is 5.07. The average Bonchev–Trinajstić information content (AvgIpc) is 3.17. The first-order chi connectivity index (χ1) is 10.7. The highest BCUT2D eigenvalue weighted by Gasteiger charge is 2.18. The zero-order valence-corrected chi connectivity index (χ0v) is 13.9. The molecule has 1 aliphatic rings. The number of hydrogen-bond donors (Lipinski definition) is 1. The fourth-order valence-electron chi connectivity index (χ4n) is 2.25. The molecular weight excluding hydrogens is 318 g/mol. The maximum Gasteiger partial charge on any atom is 0.258 e. The SMILES string of the molecule is Cc1nnc(NC(=O)c2ccccc2SCC2CCCO2)s1.